The Morgan fingerprint density at radius 2 is 1.87 bits per heavy atom. The fraction of sp³-hybridized carbons (Fsp3) is 0.176. The molecule has 0 radical (unpaired) electrons. The zero-order chi connectivity index (χ0) is 17.0. The van der Waals surface area contributed by atoms with Crippen LogP contribution in [0, 0.1) is 0 Å². The molecule has 2 amide bonds. The summed E-state index contributed by atoms with van der Waals surface area (Å²) in [4.78, 5) is 25.9. The van der Waals surface area contributed by atoms with E-state index in [9.17, 15) is 9.59 Å². The number of halogens is 1. The van der Waals surface area contributed by atoms with Gasteiger partial charge in [0.15, 0.2) is 0 Å². The molecule has 2 rings (SSSR count). The number of hydrogen-bond donors (Lipinski definition) is 1. The molecular formula is C17H17BrN2O3. The number of anilines is 1. The van der Waals surface area contributed by atoms with Gasteiger partial charge in [-0.15, -0.1) is 0 Å². The van der Waals surface area contributed by atoms with Crippen molar-refractivity contribution in [2.45, 2.75) is 0 Å². The lowest BCUT2D eigenvalue weighted by atomic mass is 10.1. The number of benzene rings is 2. The van der Waals surface area contributed by atoms with Crippen LogP contribution in [0.4, 0.5) is 5.69 Å². The van der Waals surface area contributed by atoms with Gasteiger partial charge in [0.2, 0.25) is 0 Å². The Morgan fingerprint density at radius 1 is 1.13 bits per heavy atom. The highest BCUT2D eigenvalue weighted by Gasteiger charge is 2.14. The zero-order valence-electron chi connectivity index (χ0n) is 13.1. The van der Waals surface area contributed by atoms with Gasteiger partial charge in [0.1, 0.15) is 5.75 Å². The van der Waals surface area contributed by atoms with E-state index in [1.807, 2.05) is 0 Å². The third-order valence-corrected chi connectivity index (χ3v) is 3.67. The van der Waals surface area contributed by atoms with Crippen molar-refractivity contribution in [2.24, 2.45) is 0 Å². The molecule has 0 bridgehead atoms. The lowest BCUT2D eigenvalue weighted by molar-refractivity contribution is 0.0827. The first kappa shape index (κ1) is 17.0. The van der Waals surface area contributed by atoms with Gasteiger partial charge in [-0.3, -0.25) is 9.59 Å². The van der Waals surface area contributed by atoms with Crippen molar-refractivity contribution in [3.63, 3.8) is 0 Å². The summed E-state index contributed by atoms with van der Waals surface area (Å²) in [6.07, 6.45) is 0. The van der Waals surface area contributed by atoms with E-state index >= 15 is 0 Å². The Bertz CT molecular complexity index is 744. The van der Waals surface area contributed by atoms with Crippen LogP contribution in [0.2, 0.25) is 0 Å². The second-order valence-corrected chi connectivity index (χ2v) is 5.99. The summed E-state index contributed by atoms with van der Waals surface area (Å²) in [7, 11) is 4.87. The summed E-state index contributed by atoms with van der Waals surface area (Å²) >= 11 is 3.34. The number of rotatable bonds is 4. The number of carbonyl (C=O) groups excluding carboxylic acids is 2. The minimum atomic E-state index is -0.308. The van der Waals surface area contributed by atoms with Crippen molar-refractivity contribution in [1.82, 2.24) is 4.90 Å². The summed E-state index contributed by atoms with van der Waals surface area (Å²) in [5.74, 6) is 0.0463. The van der Waals surface area contributed by atoms with Crippen molar-refractivity contribution in [1.29, 1.82) is 0 Å². The molecule has 0 saturated heterocycles. The Kier molecular flexibility index (Phi) is 5.39. The van der Waals surface area contributed by atoms with Crippen LogP contribution in [0.25, 0.3) is 0 Å². The van der Waals surface area contributed by atoms with Crippen molar-refractivity contribution in [3.8, 4) is 5.75 Å². The molecule has 23 heavy (non-hydrogen) atoms. The van der Waals surface area contributed by atoms with Gasteiger partial charge in [-0.1, -0.05) is 22.0 Å². The van der Waals surface area contributed by atoms with Gasteiger partial charge in [-0.05, 0) is 36.4 Å². The Hall–Kier alpha value is -2.34. The van der Waals surface area contributed by atoms with Crippen LogP contribution in [0.5, 0.6) is 5.75 Å². The summed E-state index contributed by atoms with van der Waals surface area (Å²) in [5, 5.41) is 2.78. The molecule has 0 spiro atoms. The van der Waals surface area contributed by atoms with E-state index in [-0.39, 0.29) is 11.8 Å². The standard InChI is InChI=1S/C17H17BrN2O3/c1-20(2)17(22)11-5-4-6-13(9-11)19-16(21)14-10-12(18)7-8-15(14)23-3/h4-10H,1-3H3,(H,19,21). The quantitative estimate of drug-likeness (QED) is 0.889. The number of nitrogens with zero attached hydrogens (tertiary/aromatic N) is 1. The van der Waals surface area contributed by atoms with E-state index in [2.05, 4.69) is 21.2 Å². The van der Waals surface area contributed by atoms with Crippen LogP contribution in [0.3, 0.4) is 0 Å². The molecular weight excluding hydrogens is 360 g/mol. The fourth-order valence-electron chi connectivity index (χ4n) is 2.04. The minimum Gasteiger partial charge on any atom is -0.496 e. The van der Waals surface area contributed by atoms with Crippen LogP contribution in [-0.2, 0) is 0 Å². The lowest BCUT2D eigenvalue weighted by Crippen LogP contribution is -2.22. The smallest absolute Gasteiger partial charge is 0.259 e. The van der Waals surface area contributed by atoms with Crippen LogP contribution < -0.4 is 10.1 Å². The predicted octanol–water partition coefficient (Wildman–Crippen LogP) is 3.41. The first-order valence-corrected chi connectivity index (χ1v) is 7.68. The van der Waals surface area contributed by atoms with Gasteiger partial charge in [0.05, 0.1) is 12.7 Å². The van der Waals surface area contributed by atoms with Gasteiger partial charge >= 0.3 is 0 Å². The maximum atomic E-state index is 12.5. The zero-order valence-corrected chi connectivity index (χ0v) is 14.7. The minimum absolute atomic E-state index is 0.124. The van der Waals surface area contributed by atoms with E-state index in [4.69, 9.17) is 4.74 Å². The van der Waals surface area contributed by atoms with Crippen LogP contribution >= 0.6 is 15.9 Å². The number of amides is 2. The second kappa shape index (κ2) is 7.28. The Labute approximate surface area is 143 Å². The molecule has 0 fully saturated rings. The van der Waals surface area contributed by atoms with Crippen molar-refractivity contribution in [3.05, 3.63) is 58.1 Å². The molecule has 0 atom stereocenters. The SMILES string of the molecule is COc1ccc(Br)cc1C(=O)Nc1cccc(C(=O)N(C)C)c1. The number of ether oxygens (including phenoxy) is 1. The average molecular weight is 377 g/mol. The first-order chi connectivity index (χ1) is 10.9. The van der Waals surface area contributed by atoms with Crippen molar-refractivity contribution < 1.29 is 14.3 Å². The third kappa shape index (κ3) is 4.10. The second-order valence-electron chi connectivity index (χ2n) is 5.08. The largest absolute Gasteiger partial charge is 0.496 e. The average Bonchev–Trinajstić information content (AvgIpc) is 2.54. The van der Waals surface area contributed by atoms with E-state index in [0.717, 1.165) is 4.47 Å². The van der Waals surface area contributed by atoms with Crippen LogP contribution in [0.15, 0.2) is 46.9 Å². The van der Waals surface area contributed by atoms with Gasteiger partial charge in [0.25, 0.3) is 11.8 Å². The monoisotopic (exact) mass is 376 g/mol. The van der Waals surface area contributed by atoms with E-state index in [1.165, 1.54) is 12.0 Å². The lowest BCUT2D eigenvalue weighted by Gasteiger charge is -2.13. The molecule has 1 N–H and O–H groups in total. The highest BCUT2D eigenvalue weighted by Crippen LogP contribution is 2.24. The van der Waals surface area contributed by atoms with Crippen LogP contribution in [-0.4, -0.2) is 37.9 Å². The molecule has 0 saturated carbocycles. The summed E-state index contributed by atoms with van der Waals surface area (Å²) < 4.78 is 5.99. The molecule has 0 unspecified atom stereocenters. The highest BCUT2D eigenvalue weighted by molar-refractivity contribution is 9.10. The maximum Gasteiger partial charge on any atom is 0.259 e. The van der Waals surface area contributed by atoms with Crippen molar-refractivity contribution >= 4 is 33.4 Å². The molecule has 2 aromatic carbocycles. The molecule has 2 aromatic rings. The normalized spacial score (nSPS) is 10.1. The molecule has 0 aromatic heterocycles. The Morgan fingerprint density at radius 3 is 2.52 bits per heavy atom. The predicted molar refractivity (Wildman–Crippen MR) is 93.1 cm³/mol. The van der Waals surface area contributed by atoms with Gasteiger partial charge in [-0.25, -0.2) is 0 Å². The highest BCUT2D eigenvalue weighted by atomic mass is 79.9. The number of nitrogens with one attached hydrogen (secondary N) is 1. The molecule has 120 valence electrons. The summed E-state index contributed by atoms with van der Waals surface area (Å²) in [6, 6.07) is 12.0. The third-order valence-electron chi connectivity index (χ3n) is 3.18. The van der Waals surface area contributed by atoms with Gasteiger partial charge < -0.3 is 15.0 Å². The topological polar surface area (TPSA) is 58.6 Å². The van der Waals surface area contributed by atoms with Crippen LogP contribution in [0.1, 0.15) is 20.7 Å². The van der Waals surface area contributed by atoms with Crippen molar-refractivity contribution in [2.75, 3.05) is 26.5 Å². The molecule has 0 aliphatic rings. The molecule has 5 nitrogen and oxygen atoms in total. The fourth-order valence-corrected chi connectivity index (χ4v) is 2.41. The number of hydrogen-bond acceptors (Lipinski definition) is 3. The molecule has 6 heteroatoms. The Balaban J connectivity index is 2.26. The van der Waals surface area contributed by atoms with E-state index in [0.29, 0.717) is 22.6 Å². The summed E-state index contributed by atoms with van der Waals surface area (Å²) in [5.41, 5.74) is 1.46. The maximum absolute atomic E-state index is 12.5. The van der Waals surface area contributed by atoms with E-state index < -0.39 is 0 Å². The number of methoxy groups -OCH3 is 1. The van der Waals surface area contributed by atoms with Gasteiger partial charge in [-0.2, -0.15) is 0 Å². The number of carbonyl (C=O) groups is 2. The molecule has 0 heterocycles. The van der Waals surface area contributed by atoms with Gasteiger partial charge in [0, 0.05) is 29.8 Å². The molecule has 0 aliphatic heterocycles. The van der Waals surface area contributed by atoms with E-state index in [1.54, 1.807) is 56.6 Å². The first-order valence-electron chi connectivity index (χ1n) is 6.89. The molecule has 0 aliphatic carbocycles. The summed E-state index contributed by atoms with van der Waals surface area (Å²) in [6.45, 7) is 0.